The molecule has 2 heterocycles. The summed E-state index contributed by atoms with van der Waals surface area (Å²) in [6.07, 6.45) is 6.87. The third kappa shape index (κ3) is 3.27. The Morgan fingerprint density at radius 3 is 2.94 bits per heavy atom. The Labute approximate surface area is 107 Å². The summed E-state index contributed by atoms with van der Waals surface area (Å²) in [5.74, 6) is 0. The number of thiazole rings is 1. The van der Waals surface area contributed by atoms with Crippen molar-refractivity contribution in [2.75, 3.05) is 13.1 Å². The van der Waals surface area contributed by atoms with Crippen LogP contribution < -0.4 is 5.32 Å². The zero-order valence-electron chi connectivity index (χ0n) is 10.3. The van der Waals surface area contributed by atoms with Crippen molar-refractivity contribution in [3.05, 3.63) is 16.6 Å². The van der Waals surface area contributed by atoms with E-state index in [2.05, 4.69) is 20.6 Å². The second kappa shape index (κ2) is 5.46. The zero-order chi connectivity index (χ0) is 11.5. The molecule has 1 saturated heterocycles. The van der Waals surface area contributed by atoms with Crippen LogP contribution in [-0.4, -0.2) is 35.1 Å². The molecule has 1 saturated carbocycles. The first kappa shape index (κ1) is 11.6. The van der Waals surface area contributed by atoms with Gasteiger partial charge in [0.2, 0.25) is 0 Å². The fourth-order valence-electron chi connectivity index (χ4n) is 2.67. The van der Waals surface area contributed by atoms with E-state index in [1.165, 1.54) is 50.9 Å². The topological polar surface area (TPSA) is 28.2 Å². The van der Waals surface area contributed by atoms with Crippen LogP contribution in [0, 0.1) is 0 Å². The summed E-state index contributed by atoms with van der Waals surface area (Å²) in [7, 11) is 0. The van der Waals surface area contributed by atoms with Crippen LogP contribution in [0.1, 0.15) is 37.8 Å². The molecule has 0 amide bonds. The molecule has 1 aromatic heterocycles. The molecule has 2 fully saturated rings. The van der Waals surface area contributed by atoms with Gasteiger partial charge < -0.3 is 5.32 Å². The van der Waals surface area contributed by atoms with Gasteiger partial charge in [0.05, 0.1) is 11.2 Å². The smallest absolute Gasteiger partial charge is 0.0795 e. The standard InChI is InChI=1S/C13H21N3S/c1-2-6-14-11(3-1)7-16(13-4-5-13)8-12-9-17-10-15-12/h9-11,13-14H,1-8H2. The molecule has 17 heavy (non-hydrogen) atoms. The first-order valence-corrected chi connectivity index (χ1v) is 7.70. The lowest BCUT2D eigenvalue weighted by Crippen LogP contribution is -2.44. The van der Waals surface area contributed by atoms with E-state index in [-0.39, 0.29) is 0 Å². The van der Waals surface area contributed by atoms with Crippen molar-refractivity contribution in [3.63, 3.8) is 0 Å². The number of aromatic nitrogens is 1. The molecule has 3 nitrogen and oxygen atoms in total. The van der Waals surface area contributed by atoms with E-state index in [1.807, 2.05) is 5.51 Å². The summed E-state index contributed by atoms with van der Waals surface area (Å²) in [6, 6.07) is 1.54. The third-order valence-electron chi connectivity index (χ3n) is 3.78. The van der Waals surface area contributed by atoms with E-state index in [0.29, 0.717) is 6.04 Å². The number of nitrogens with one attached hydrogen (secondary N) is 1. The molecule has 1 atom stereocenters. The Bertz CT molecular complexity index is 328. The van der Waals surface area contributed by atoms with Crippen LogP contribution in [0.2, 0.25) is 0 Å². The van der Waals surface area contributed by atoms with E-state index in [9.17, 15) is 0 Å². The minimum absolute atomic E-state index is 0.711. The Balaban J connectivity index is 1.56. The lowest BCUT2D eigenvalue weighted by atomic mass is 10.0. The Kier molecular flexibility index (Phi) is 3.74. The highest BCUT2D eigenvalue weighted by Gasteiger charge is 2.31. The van der Waals surface area contributed by atoms with Gasteiger partial charge in [-0.3, -0.25) is 4.90 Å². The van der Waals surface area contributed by atoms with Crippen molar-refractivity contribution < 1.29 is 0 Å². The van der Waals surface area contributed by atoms with Gasteiger partial charge in [-0.2, -0.15) is 0 Å². The highest BCUT2D eigenvalue weighted by molar-refractivity contribution is 7.07. The molecule has 1 aromatic rings. The molecule has 4 heteroatoms. The van der Waals surface area contributed by atoms with Crippen molar-refractivity contribution in [2.45, 2.75) is 50.7 Å². The molecule has 1 unspecified atom stereocenters. The summed E-state index contributed by atoms with van der Waals surface area (Å²) >= 11 is 1.71. The normalized spacial score (nSPS) is 25.4. The molecular formula is C13H21N3S. The average Bonchev–Trinajstić information content (AvgIpc) is 3.09. The predicted molar refractivity (Wildman–Crippen MR) is 71.2 cm³/mol. The number of hydrogen-bond donors (Lipinski definition) is 1. The lowest BCUT2D eigenvalue weighted by molar-refractivity contribution is 0.206. The highest BCUT2D eigenvalue weighted by Crippen LogP contribution is 2.29. The summed E-state index contributed by atoms with van der Waals surface area (Å²) in [4.78, 5) is 7.05. The van der Waals surface area contributed by atoms with Crippen molar-refractivity contribution >= 4 is 11.3 Å². The minimum atomic E-state index is 0.711. The van der Waals surface area contributed by atoms with E-state index in [4.69, 9.17) is 0 Å². The second-order valence-electron chi connectivity index (χ2n) is 5.29. The van der Waals surface area contributed by atoms with Crippen LogP contribution in [-0.2, 0) is 6.54 Å². The SMILES string of the molecule is c1nc(CN(CC2CCCCN2)C2CC2)cs1. The molecule has 2 aliphatic rings. The monoisotopic (exact) mass is 251 g/mol. The Hall–Kier alpha value is -0.450. The zero-order valence-corrected chi connectivity index (χ0v) is 11.1. The van der Waals surface area contributed by atoms with Gasteiger partial charge in [0.1, 0.15) is 0 Å². The number of piperidine rings is 1. The van der Waals surface area contributed by atoms with Crippen LogP contribution in [0.15, 0.2) is 10.9 Å². The van der Waals surface area contributed by atoms with Crippen molar-refractivity contribution in [1.29, 1.82) is 0 Å². The molecule has 0 radical (unpaired) electrons. The fraction of sp³-hybridized carbons (Fsp3) is 0.769. The van der Waals surface area contributed by atoms with Crippen LogP contribution in [0.3, 0.4) is 0 Å². The summed E-state index contributed by atoms with van der Waals surface area (Å²) in [5.41, 5.74) is 3.19. The molecule has 3 rings (SSSR count). The molecule has 1 aliphatic heterocycles. The van der Waals surface area contributed by atoms with Crippen LogP contribution in [0.5, 0.6) is 0 Å². The minimum Gasteiger partial charge on any atom is -0.313 e. The van der Waals surface area contributed by atoms with E-state index >= 15 is 0 Å². The quantitative estimate of drug-likeness (QED) is 0.870. The van der Waals surface area contributed by atoms with Crippen molar-refractivity contribution in [3.8, 4) is 0 Å². The van der Waals surface area contributed by atoms with Gasteiger partial charge in [-0.1, -0.05) is 6.42 Å². The lowest BCUT2D eigenvalue weighted by Gasteiger charge is -2.30. The molecular weight excluding hydrogens is 230 g/mol. The van der Waals surface area contributed by atoms with Gasteiger partial charge in [0.15, 0.2) is 0 Å². The largest absolute Gasteiger partial charge is 0.313 e. The molecule has 1 aliphatic carbocycles. The van der Waals surface area contributed by atoms with E-state index < -0.39 is 0 Å². The molecule has 1 N–H and O–H groups in total. The van der Waals surface area contributed by atoms with Crippen LogP contribution >= 0.6 is 11.3 Å². The maximum atomic E-state index is 4.42. The third-order valence-corrected chi connectivity index (χ3v) is 4.41. The molecule has 0 spiro atoms. The van der Waals surface area contributed by atoms with Gasteiger partial charge in [0, 0.05) is 30.6 Å². The highest BCUT2D eigenvalue weighted by atomic mass is 32.1. The van der Waals surface area contributed by atoms with E-state index in [0.717, 1.165) is 12.6 Å². The van der Waals surface area contributed by atoms with Gasteiger partial charge in [-0.15, -0.1) is 11.3 Å². The first-order chi connectivity index (χ1) is 8.42. The van der Waals surface area contributed by atoms with Gasteiger partial charge >= 0.3 is 0 Å². The molecule has 94 valence electrons. The summed E-state index contributed by atoms with van der Waals surface area (Å²) in [6.45, 7) is 3.47. The van der Waals surface area contributed by atoms with Crippen LogP contribution in [0.25, 0.3) is 0 Å². The van der Waals surface area contributed by atoms with Gasteiger partial charge in [-0.05, 0) is 32.2 Å². The number of rotatable bonds is 5. The summed E-state index contributed by atoms with van der Waals surface area (Å²) in [5, 5.41) is 5.84. The molecule has 0 aromatic carbocycles. The second-order valence-corrected chi connectivity index (χ2v) is 6.01. The van der Waals surface area contributed by atoms with E-state index in [1.54, 1.807) is 11.3 Å². The average molecular weight is 251 g/mol. The van der Waals surface area contributed by atoms with Crippen molar-refractivity contribution in [1.82, 2.24) is 15.2 Å². The summed E-state index contributed by atoms with van der Waals surface area (Å²) < 4.78 is 0. The Morgan fingerprint density at radius 2 is 2.29 bits per heavy atom. The Morgan fingerprint density at radius 1 is 1.35 bits per heavy atom. The molecule has 0 bridgehead atoms. The van der Waals surface area contributed by atoms with Crippen molar-refractivity contribution in [2.24, 2.45) is 0 Å². The maximum absolute atomic E-state index is 4.42. The predicted octanol–water partition coefficient (Wildman–Crippen LogP) is 2.25. The number of nitrogens with zero attached hydrogens (tertiary/aromatic N) is 2. The van der Waals surface area contributed by atoms with Crippen LogP contribution in [0.4, 0.5) is 0 Å². The van der Waals surface area contributed by atoms with Gasteiger partial charge in [0.25, 0.3) is 0 Å². The number of hydrogen-bond acceptors (Lipinski definition) is 4. The fourth-order valence-corrected chi connectivity index (χ4v) is 3.22. The van der Waals surface area contributed by atoms with Gasteiger partial charge in [-0.25, -0.2) is 4.98 Å². The maximum Gasteiger partial charge on any atom is 0.0795 e. The first-order valence-electron chi connectivity index (χ1n) is 6.76.